The highest BCUT2D eigenvalue weighted by molar-refractivity contribution is 7.77. The minimum Gasteiger partial charge on any atom is -0.239 e. The molecule has 0 unspecified atom stereocenters. The second-order valence-corrected chi connectivity index (χ2v) is 12.2. The molecule has 0 amide bonds. The second-order valence-electron chi connectivity index (χ2n) is 8.85. The molecule has 1 heterocycles. The summed E-state index contributed by atoms with van der Waals surface area (Å²) in [4.78, 5) is 0. The van der Waals surface area contributed by atoms with Crippen molar-refractivity contribution in [2.45, 2.75) is 5.66 Å². The van der Waals surface area contributed by atoms with Gasteiger partial charge in [0.2, 0.25) is 0 Å². The Kier molecular flexibility index (Phi) is 6.49. The van der Waals surface area contributed by atoms with Crippen molar-refractivity contribution in [3.8, 4) is 0 Å². The molecule has 5 aromatic rings. The van der Waals surface area contributed by atoms with Gasteiger partial charge in [-0.3, -0.25) is 0 Å². The Bertz CT molecular complexity index is 1570. The predicted octanol–water partition coefficient (Wildman–Crippen LogP) is 9.08. The molecule has 0 fully saturated rings. The molecular weight excluding hydrogens is 493 g/mol. The number of hydrogen-bond donors (Lipinski definition) is 0. The summed E-state index contributed by atoms with van der Waals surface area (Å²) >= 11 is 6.27. The van der Waals surface area contributed by atoms with Crippen LogP contribution in [0.4, 0.5) is 11.4 Å². The summed E-state index contributed by atoms with van der Waals surface area (Å²) in [5.74, 6) is 0. The van der Waals surface area contributed by atoms with Crippen molar-refractivity contribution in [2.24, 2.45) is 9.85 Å². The van der Waals surface area contributed by atoms with Gasteiger partial charge in [-0.2, -0.15) is 5.10 Å². The summed E-state index contributed by atoms with van der Waals surface area (Å²) in [7, 11) is -2.61. The van der Waals surface area contributed by atoms with Crippen molar-refractivity contribution < 1.29 is 0 Å². The number of hydrazone groups is 1. The fourth-order valence-corrected chi connectivity index (χ4v) is 8.99. The monoisotopic (exact) mass is 517 g/mol. The average molecular weight is 518 g/mol. The van der Waals surface area contributed by atoms with Crippen LogP contribution in [0.25, 0.3) is 0 Å². The third-order valence-electron chi connectivity index (χ3n) is 6.51. The maximum absolute atomic E-state index is 6.27. The van der Waals surface area contributed by atoms with Gasteiger partial charge in [-0.05, 0) is 47.5 Å². The summed E-state index contributed by atoms with van der Waals surface area (Å²) in [6.45, 7) is 0. The maximum Gasteiger partial charge on any atom is 0.123 e. The molecule has 0 saturated heterocycles. The highest BCUT2D eigenvalue weighted by atomic mass is 35.5. The van der Waals surface area contributed by atoms with Crippen LogP contribution in [0, 0.1) is 0 Å². The first kappa shape index (κ1) is 23.5. The second kappa shape index (κ2) is 10.2. The van der Waals surface area contributed by atoms with Gasteiger partial charge in [0.15, 0.2) is 0 Å². The lowest BCUT2D eigenvalue weighted by Gasteiger charge is -2.35. The van der Waals surface area contributed by atoms with E-state index in [2.05, 4.69) is 114 Å². The minimum absolute atomic E-state index is 0.0746. The standard InChI is InChI=1S/C32H25ClN3P/c33-27-21-23-28(24-22-27)35-37(30-19-11-4-12-20-30)32(26-15-7-2-8-16-26)31(25-13-5-1-6-14-25)34-36(37)29-17-9-3-10-18-29/h1-24,32H/t32-,37-/m0/s1. The topological polar surface area (TPSA) is 28.0 Å². The molecule has 0 spiro atoms. The van der Waals surface area contributed by atoms with Crippen molar-refractivity contribution in [2.75, 3.05) is 4.78 Å². The molecule has 5 heteroatoms. The predicted molar refractivity (Wildman–Crippen MR) is 158 cm³/mol. The molecule has 2 atom stereocenters. The molecule has 180 valence electrons. The Morgan fingerprint density at radius 2 is 1.16 bits per heavy atom. The van der Waals surface area contributed by atoms with E-state index in [1.165, 1.54) is 5.56 Å². The lowest BCUT2D eigenvalue weighted by atomic mass is 10.0. The molecule has 1 aliphatic rings. The van der Waals surface area contributed by atoms with Crippen molar-refractivity contribution in [3.05, 3.63) is 162 Å². The number of anilines is 1. The smallest absolute Gasteiger partial charge is 0.123 e. The van der Waals surface area contributed by atoms with Crippen LogP contribution in [0.3, 0.4) is 0 Å². The van der Waals surface area contributed by atoms with Crippen molar-refractivity contribution in [1.29, 1.82) is 0 Å². The Labute approximate surface area is 222 Å². The Morgan fingerprint density at radius 1 is 0.622 bits per heavy atom. The van der Waals surface area contributed by atoms with E-state index in [1.807, 2.05) is 36.4 Å². The summed E-state index contributed by atoms with van der Waals surface area (Å²) in [5.41, 5.74) is 5.14. The first-order valence-electron chi connectivity index (χ1n) is 12.2. The van der Waals surface area contributed by atoms with Gasteiger partial charge in [0, 0.05) is 10.3 Å². The van der Waals surface area contributed by atoms with Crippen LogP contribution in [0.5, 0.6) is 0 Å². The highest BCUT2D eigenvalue weighted by Gasteiger charge is 2.48. The van der Waals surface area contributed by atoms with E-state index in [1.54, 1.807) is 0 Å². The Hall–Kier alpha value is -3.91. The van der Waals surface area contributed by atoms with Gasteiger partial charge in [0.05, 0.1) is 22.7 Å². The van der Waals surface area contributed by atoms with E-state index >= 15 is 0 Å². The number of para-hydroxylation sites is 1. The number of benzene rings is 5. The SMILES string of the molecule is Clc1ccc(N=[P@]2(c3ccccc3)[C@@H](c3ccccc3)C(c3ccccc3)=NN2c2ccccc2)cc1. The molecule has 0 aromatic heterocycles. The number of nitrogens with zero attached hydrogens (tertiary/aromatic N) is 3. The summed E-state index contributed by atoms with van der Waals surface area (Å²) in [6, 6.07) is 50.0. The van der Waals surface area contributed by atoms with Gasteiger partial charge in [-0.25, -0.2) is 9.52 Å². The zero-order valence-corrected chi connectivity index (χ0v) is 21.8. The molecule has 0 saturated carbocycles. The fraction of sp³-hybridized carbons (Fsp3) is 0.0312. The molecular formula is C32H25ClN3P. The average Bonchev–Trinajstić information content (AvgIpc) is 3.32. The third-order valence-corrected chi connectivity index (χ3v) is 10.5. The van der Waals surface area contributed by atoms with Crippen molar-refractivity contribution >= 4 is 41.2 Å². The lowest BCUT2D eigenvalue weighted by Crippen LogP contribution is -2.22. The third kappa shape index (κ3) is 4.42. The normalized spacial score (nSPS) is 18.9. The van der Waals surface area contributed by atoms with Gasteiger partial charge in [0.25, 0.3) is 0 Å². The number of halogens is 1. The van der Waals surface area contributed by atoms with Crippen molar-refractivity contribution in [1.82, 2.24) is 0 Å². The zero-order valence-electron chi connectivity index (χ0n) is 20.1. The van der Waals surface area contributed by atoms with Crippen LogP contribution in [-0.4, -0.2) is 5.71 Å². The van der Waals surface area contributed by atoms with E-state index in [4.69, 9.17) is 21.4 Å². The Balaban J connectivity index is 1.74. The quantitative estimate of drug-likeness (QED) is 0.214. The highest BCUT2D eigenvalue weighted by Crippen LogP contribution is 2.70. The van der Waals surface area contributed by atoms with E-state index in [0.717, 1.165) is 28.0 Å². The van der Waals surface area contributed by atoms with E-state index in [9.17, 15) is 0 Å². The molecule has 37 heavy (non-hydrogen) atoms. The fourth-order valence-electron chi connectivity index (χ4n) is 4.87. The minimum atomic E-state index is -2.61. The molecule has 3 nitrogen and oxygen atoms in total. The van der Waals surface area contributed by atoms with Crippen LogP contribution in [0.2, 0.25) is 5.02 Å². The molecule has 1 aliphatic heterocycles. The van der Waals surface area contributed by atoms with Crippen LogP contribution >= 0.6 is 18.8 Å². The molecule has 0 N–H and O–H groups in total. The van der Waals surface area contributed by atoms with Gasteiger partial charge >= 0.3 is 0 Å². The first-order valence-corrected chi connectivity index (χ1v) is 14.4. The summed E-state index contributed by atoms with van der Waals surface area (Å²) in [6.07, 6.45) is 0. The Morgan fingerprint density at radius 3 is 1.78 bits per heavy atom. The summed E-state index contributed by atoms with van der Waals surface area (Å²) < 4.78 is 7.86. The largest absolute Gasteiger partial charge is 0.239 e. The van der Waals surface area contributed by atoms with Crippen molar-refractivity contribution in [3.63, 3.8) is 0 Å². The van der Waals surface area contributed by atoms with Crippen LogP contribution < -0.4 is 10.1 Å². The molecule has 0 bridgehead atoms. The van der Waals surface area contributed by atoms with E-state index < -0.39 is 7.21 Å². The molecule has 5 aromatic carbocycles. The number of hydrogen-bond acceptors (Lipinski definition) is 2. The van der Waals surface area contributed by atoms with Crippen LogP contribution in [0.15, 0.2) is 155 Å². The zero-order chi connectivity index (χ0) is 25.1. The maximum atomic E-state index is 6.27. The lowest BCUT2D eigenvalue weighted by molar-refractivity contribution is 1.20. The van der Waals surface area contributed by atoms with Gasteiger partial charge in [-0.15, -0.1) is 0 Å². The van der Waals surface area contributed by atoms with Gasteiger partial charge in [0.1, 0.15) is 7.21 Å². The molecule has 6 rings (SSSR count). The van der Waals surface area contributed by atoms with Crippen LogP contribution in [-0.2, 0) is 0 Å². The van der Waals surface area contributed by atoms with Gasteiger partial charge in [-0.1, -0.05) is 121 Å². The van der Waals surface area contributed by atoms with E-state index in [0.29, 0.717) is 5.02 Å². The first-order chi connectivity index (χ1) is 18.3. The molecule has 0 aliphatic carbocycles. The van der Waals surface area contributed by atoms with E-state index in [-0.39, 0.29) is 5.66 Å². The molecule has 0 radical (unpaired) electrons. The van der Waals surface area contributed by atoms with Gasteiger partial charge < -0.3 is 0 Å². The number of rotatable bonds is 5. The summed E-state index contributed by atoms with van der Waals surface area (Å²) in [5, 5.41) is 7.27. The van der Waals surface area contributed by atoms with Crippen LogP contribution in [0.1, 0.15) is 16.8 Å².